The van der Waals surface area contributed by atoms with Crippen LogP contribution in [-0.4, -0.2) is 50.5 Å². The second kappa shape index (κ2) is 5.12. The van der Waals surface area contributed by atoms with Crippen LogP contribution in [0.1, 0.15) is 19.8 Å². The van der Waals surface area contributed by atoms with E-state index in [1.54, 1.807) is 7.11 Å². The number of carbonyl (C=O) groups is 1. The fraction of sp³-hybridized carbons (Fsp3) is 0.909. The van der Waals surface area contributed by atoms with Gasteiger partial charge in [-0.2, -0.15) is 0 Å². The molecule has 2 N–H and O–H groups in total. The van der Waals surface area contributed by atoms with Crippen LogP contribution in [0.4, 0.5) is 0 Å². The first-order chi connectivity index (χ1) is 7.70. The van der Waals surface area contributed by atoms with Crippen molar-refractivity contribution in [2.24, 2.45) is 0 Å². The van der Waals surface area contributed by atoms with E-state index in [1.807, 2.05) is 6.92 Å². The van der Waals surface area contributed by atoms with Gasteiger partial charge in [0.05, 0.1) is 18.2 Å². The summed E-state index contributed by atoms with van der Waals surface area (Å²) in [6.07, 6.45) is 1.80. The lowest BCUT2D eigenvalue weighted by atomic mass is 10.1. The molecule has 0 saturated carbocycles. The maximum Gasteiger partial charge on any atom is 0.249 e. The molecule has 4 atom stereocenters. The Morgan fingerprint density at radius 1 is 1.44 bits per heavy atom. The summed E-state index contributed by atoms with van der Waals surface area (Å²) in [5, 5.41) is 6.19. The molecular weight excluding hydrogens is 208 g/mol. The zero-order chi connectivity index (χ0) is 11.5. The summed E-state index contributed by atoms with van der Waals surface area (Å²) in [5.41, 5.74) is 0. The number of methoxy groups -OCH3 is 1. The Labute approximate surface area is 95.9 Å². The number of hydrogen-bond acceptors (Lipinski definition) is 4. The summed E-state index contributed by atoms with van der Waals surface area (Å²) >= 11 is 0. The Morgan fingerprint density at radius 3 is 2.88 bits per heavy atom. The molecule has 2 fully saturated rings. The minimum atomic E-state index is -0.270. The van der Waals surface area contributed by atoms with Crippen molar-refractivity contribution >= 4 is 5.91 Å². The van der Waals surface area contributed by atoms with Crippen molar-refractivity contribution in [2.45, 2.75) is 44.1 Å². The van der Waals surface area contributed by atoms with Crippen LogP contribution in [-0.2, 0) is 14.3 Å². The lowest BCUT2D eigenvalue weighted by Gasteiger charge is -2.20. The van der Waals surface area contributed by atoms with Gasteiger partial charge in [-0.3, -0.25) is 4.79 Å². The molecule has 0 radical (unpaired) electrons. The van der Waals surface area contributed by atoms with Crippen LogP contribution in [0.25, 0.3) is 0 Å². The van der Waals surface area contributed by atoms with E-state index in [4.69, 9.17) is 9.47 Å². The van der Waals surface area contributed by atoms with E-state index in [0.717, 1.165) is 25.9 Å². The largest absolute Gasteiger partial charge is 0.378 e. The van der Waals surface area contributed by atoms with Crippen LogP contribution in [0.5, 0.6) is 0 Å². The Morgan fingerprint density at radius 2 is 2.25 bits per heavy atom. The van der Waals surface area contributed by atoms with Gasteiger partial charge in [-0.25, -0.2) is 0 Å². The highest BCUT2D eigenvalue weighted by Crippen LogP contribution is 2.19. The van der Waals surface area contributed by atoms with Crippen LogP contribution in [0.3, 0.4) is 0 Å². The molecule has 5 heteroatoms. The molecule has 0 bridgehead atoms. The number of amides is 1. The van der Waals surface area contributed by atoms with Crippen molar-refractivity contribution in [2.75, 3.05) is 20.2 Å². The van der Waals surface area contributed by atoms with Crippen LogP contribution in [0.2, 0.25) is 0 Å². The maximum absolute atomic E-state index is 11.9. The Kier molecular flexibility index (Phi) is 3.78. The first-order valence-electron chi connectivity index (χ1n) is 5.90. The van der Waals surface area contributed by atoms with Crippen LogP contribution in [0.15, 0.2) is 0 Å². The number of rotatable bonds is 3. The molecule has 2 aliphatic rings. The minimum absolute atomic E-state index is 0.0000926. The summed E-state index contributed by atoms with van der Waals surface area (Å²) in [7, 11) is 1.67. The molecule has 0 spiro atoms. The molecule has 5 nitrogen and oxygen atoms in total. The van der Waals surface area contributed by atoms with Gasteiger partial charge in [-0.05, 0) is 19.8 Å². The van der Waals surface area contributed by atoms with Gasteiger partial charge in [0, 0.05) is 20.2 Å². The van der Waals surface area contributed by atoms with Gasteiger partial charge in [0.25, 0.3) is 0 Å². The Bertz CT molecular complexity index is 260. The third-order valence-corrected chi connectivity index (χ3v) is 3.31. The first-order valence-corrected chi connectivity index (χ1v) is 5.90. The molecule has 0 aromatic carbocycles. The fourth-order valence-electron chi connectivity index (χ4n) is 2.32. The van der Waals surface area contributed by atoms with Crippen LogP contribution < -0.4 is 10.6 Å². The minimum Gasteiger partial charge on any atom is -0.378 e. The second-order valence-corrected chi connectivity index (χ2v) is 4.56. The maximum atomic E-state index is 11.9. The zero-order valence-corrected chi connectivity index (χ0v) is 9.86. The van der Waals surface area contributed by atoms with Gasteiger partial charge in [-0.15, -0.1) is 0 Å². The highest BCUT2D eigenvalue weighted by molar-refractivity contribution is 5.81. The Balaban J connectivity index is 1.82. The first kappa shape index (κ1) is 11.8. The average molecular weight is 228 g/mol. The van der Waals surface area contributed by atoms with Gasteiger partial charge < -0.3 is 20.1 Å². The Hall–Kier alpha value is -0.650. The number of ether oxygens (including phenoxy) is 2. The highest BCUT2D eigenvalue weighted by Gasteiger charge is 2.33. The lowest BCUT2D eigenvalue weighted by molar-refractivity contribution is -0.133. The highest BCUT2D eigenvalue weighted by atomic mass is 16.5. The molecule has 0 aromatic heterocycles. The molecular formula is C11H20N2O3. The van der Waals surface area contributed by atoms with E-state index >= 15 is 0 Å². The lowest BCUT2D eigenvalue weighted by Crippen LogP contribution is -2.47. The molecule has 2 heterocycles. The van der Waals surface area contributed by atoms with Crippen molar-refractivity contribution in [1.29, 1.82) is 0 Å². The molecule has 1 amide bonds. The van der Waals surface area contributed by atoms with Gasteiger partial charge in [-0.1, -0.05) is 0 Å². The van der Waals surface area contributed by atoms with Crippen molar-refractivity contribution in [3.63, 3.8) is 0 Å². The summed E-state index contributed by atoms with van der Waals surface area (Å²) < 4.78 is 10.8. The van der Waals surface area contributed by atoms with E-state index in [9.17, 15) is 4.79 Å². The van der Waals surface area contributed by atoms with E-state index < -0.39 is 0 Å². The van der Waals surface area contributed by atoms with E-state index in [2.05, 4.69) is 10.6 Å². The van der Waals surface area contributed by atoms with Crippen LogP contribution in [0, 0.1) is 0 Å². The average Bonchev–Trinajstić information content (AvgIpc) is 2.86. The number of nitrogens with one attached hydrogen (secondary N) is 2. The van der Waals surface area contributed by atoms with Crippen molar-refractivity contribution in [1.82, 2.24) is 10.6 Å². The molecule has 2 aliphatic heterocycles. The number of hydrogen-bond donors (Lipinski definition) is 2. The predicted molar refractivity (Wildman–Crippen MR) is 59.2 cm³/mol. The monoisotopic (exact) mass is 228 g/mol. The van der Waals surface area contributed by atoms with Gasteiger partial charge in [0.1, 0.15) is 6.10 Å². The SMILES string of the molecule is CO[C@H]1CNCC1NC(=O)C1CCC(C)O1. The molecule has 0 aromatic rings. The van der Waals surface area contributed by atoms with Gasteiger partial charge in [0.15, 0.2) is 0 Å². The van der Waals surface area contributed by atoms with Crippen molar-refractivity contribution < 1.29 is 14.3 Å². The smallest absolute Gasteiger partial charge is 0.249 e. The van der Waals surface area contributed by atoms with Gasteiger partial charge >= 0.3 is 0 Å². The van der Waals surface area contributed by atoms with Crippen molar-refractivity contribution in [3.05, 3.63) is 0 Å². The topological polar surface area (TPSA) is 59.6 Å². The third-order valence-electron chi connectivity index (χ3n) is 3.31. The normalized spacial score (nSPS) is 38.9. The number of carbonyl (C=O) groups excluding carboxylic acids is 1. The zero-order valence-electron chi connectivity index (χ0n) is 9.86. The summed E-state index contributed by atoms with van der Waals surface area (Å²) in [6, 6.07) is 0.0667. The predicted octanol–water partition coefficient (Wildman–Crippen LogP) is -0.343. The molecule has 92 valence electrons. The molecule has 2 saturated heterocycles. The fourth-order valence-corrected chi connectivity index (χ4v) is 2.32. The van der Waals surface area contributed by atoms with Crippen molar-refractivity contribution in [3.8, 4) is 0 Å². The van der Waals surface area contributed by atoms with Crippen LogP contribution >= 0.6 is 0 Å². The van der Waals surface area contributed by atoms with E-state index in [0.29, 0.717) is 0 Å². The molecule has 3 unspecified atom stereocenters. The second-order valence-electron chi connectivity index (χ2n) is 4.56. The summed E-state index contributed by atoms with van der Waals surface area (Å²) in [4.78, 5) is 11.9. The molecule has 16 heavy (non-hydrogen) atoms. The summed E-state index contributed by atoms with van der Waals surface area (Å²) in [6.45, 7) is 3.57. The summed E-state index contributed by atoms with van der Waals surface area (Å²) in [5.74, 6) is 0.0000926. The third kappa shape index (κ3) is 2.53. The standard InChI is InChI=1S/C11H20N2O3/c1-7-3-4-9(16-7)11(14)13-8-5-12-6-10(8)15-2/h7-10,12H,3-6H2,1-2H3,(H,13,14)/t7?,8?,9?,10-/m0/s1. The van der Waals surface area contributed by atoms with E-state index in [1.165, 1.54) is 0 Å². The molecule has 2 rings (SSSR count). The van der Waals surface area contributed by atoms with Gasteiger partial charge in [0.2, 0.25) is 5.91 Å². The van der Waals surface area contributed by atoms with E-state index in [-0.39, 0.29) is 30.3 Å². The molecule has 0 aliphatic carbocycles. The quantitative estimate of drug-likeness (QED) is 0.693.